The van der Waals surface area contributed by atoms with Gasteiger partial charge in [0.15, 0.2) is 35.9 Å². The first kappa shape index (κ1) is 93.2. The lowest BCUT2D eigenvalue weighted by Crippen LogP contribution is -2.30. The van der Waals surface area contributed by atoms with Crippen molar-refractivity contribution < 1.29 is 64.3 Å². The Bertz CT molecular complexity index is 6810. The molecule has 1 amide bonds. The lowest BCUT2D eigenvalue weighted by atomic mass is 10.0. The number of hydrogen-bond donors (Lipinski definition) is 1. The maximum Gasteiger partial charge on any atom is 0.253 e. The van der Waals surface area contributed by atoms with Crippen LogP contribution in [0.4, 0.5) is 17.6 Å². The molecule has 8 aromatic carbocycles. The number of amides is 1. The average Bonchev–Trinajstić information content (AvgIpc) is 1.64. The molecular weight excluding hydrogens is 1820 g/mol. The van der Waals surface area contributed by atoms with E-state index in [1.54, 1.807) is 135 Å². The van der Waals surface area contributed by atoms with Crippen LogP contribution < -0.4 is 38.7 Å². The number of rotatable bonds is 25. The Kier molecular flexibility index (Phi) is 30.2. The molecule has 8 aromatic heterocycles. The second-order valence-corrected chi connectivity index (χ2v) is 33.4. The van der Waals surface area contributed by atoms with Crippen LogP contribution in [0.25, 0.3) is 88.6 Å². The van der Waals surface area contributed by atoms with Gasteiger partial charge in [0, 0.05) is 133 Å². The van der Waals surface area contributed by atoms with Gasteiger partial charge in [-0.1, -0.05) is 147 Å². The number of pyridine rings is 4. The first-order valence-corrected chi connectivity index (χ1v) is 44.2. The Labute approximate surface area is 769 Å². The van der Waals surface area contributed by atoms with E-state index in [1.165, 1.54) is 53.3 Å². The third kappa shape index (κ3) is 21.5. The number of carbonyl (C=O) groups excluding carboxylic acids is 1. The van der Waals surface area contributed by atoms with Gasteiger partial charge in [-0.2, -0.15) is 18.9 Å². The van der Waals surface area contributed by atoms with Gasteiger partial charge in [-0.3, -0.25) is 24.7 Å². The monoisotopic (exact) mass is 1900 g/mol. The highest BCUT2D eigenvalue weighted by Crippen LogP contribution is 2.41. The van der Waals surface area contributed by atoms with Crippen molar-refractivity contribution in [2.75, 3.05) is 33.9 Å². The molecule has 4 unspecified atom stereocenters. The standard InChI is InChI=1S/C26H24Cl2FN3O2.C23H19Cl2FN2O3.C23H19Cl2FN2O2.C22H18Cl2FN3O3S/c1-4-31(5-2)26(33)18-8-6-17(7-9-18)19-14-23-22(30-15-19)12-13-32(23)34-16(3)24-20(27)10-11-21(29)25(24)28;1-13(22-16(24)5-6-17(26)23(22)25)31-28-9-8-18-19(28)10-15(12-27-18)14-4-7-20(29-2)21(11-14)30-3;1-3-29-17-6-4-15(5-7-17)16-12-21-20(27-13-16)10-11-28(21)30-14(2)22-18(24)8-9-19(26)23(22)25;1-13(21-17(23)6-7-18(25)22(21)24)31-28-9-8-19-20(28)10-16(11-27-19)15-4-2-14(3-5-15)12-32(26,29)30/h6-16H,4-5H2,1-3H3;4-13H,1-3H3;4-14H,3H2,1-2H3;2-11,13H,12H2,1H3,(H2,26,29,30). The third-order valence-electron chi connectivity index (χ3n) is 20.4. The quantitative estimate of drug-likeness (QED) is 0.0416. The van der Waals surface area contributed by atoms with Crippen LogP contribution in [0.15, 0.2) is 238 Å². The lowest BCUT2D eigenvalue weighted by Gasteiger charge is -2.19. The predicted molar refractivity (Wildman–Crippen MR) is 495 cm³/mol. The number of sulfonamides is 1. The molecule has 4 atom stereocenters. The summed E-state index contributed by atoms with van der Waals surface area (Å²) in [4.78, 5) is 56.5. The molecule has 0 aliphatic rings. The fraction of sp³-hybridized carbons (Fsp3) is 0.181. The molecular formula is C94H80Cl8F4N10O10S. The van der Waals surface area contributed by atoms with Gasteiger partial charge in [0.2, 0.25) is 10.0 Å². The summed E-state index contributed by atoms with van der Waals surface area (Å²) in [6.07, 6.45) is 11.6. The molecule has 2 N–H and O–H groups in total. The smallest absolute Gasteiger partial charge is 0.253 e. The van der Waals surface area contributed by atoms with Gasteiger partial charge in [0.05, 0.1) is 68.7 Å². The Morgan fingerprint density at radius 1 is 0.394 bits per heavy atom. The highest BCUT2D eigenvalue weighted by Gasteiger charge is 2.26. The topological polar surface area (TPSA) is 216 Å². The van der Waals surface area contributed by atoms with Crippen LogP contribution in [0.3, 0.4) is 0 Å². The summed E-state index contributed by atoms with van der Waals surface area (Å²) in [5.41, 5.74) is 15.8. The van der Waals surface area contributed by atoms with Crippen LogP contribution in [0, 0.1) is 23.3 Å². The number of ether oxygens (including phenoxy) is 3. The molecule has 656 valence electrons. The molecule has 8 heterocycles. The highest BCUT2D eigenvalue weighted by atomic mass is 35.5. The molecule has 33 heteroatoms. The first-order chi connectivity index (χ1) is 60.8. The molecule has 0 spiro atoms. The number of halogens is 12. The van der Waals surface area contributed by atoms with E-state index in [0.717, 1.165) is 83.4 Å². The van der Waals surface area contributed by atoms with Gasteiger partial charge in [-0.25, -0.2) is 31.1 Å². The van der Waals surface area contributed by atoms with E-state index in [-0.39, 0.29) is 31.8 Å². The van der Waals surface area contributed by atoms with Gasteiger partial charge in [0.1, 0.15) is 51.1 Å². The summed E-state index contributed by atoms with van der Waals surface area (Å²) in [6.45, 7) is 14.8. The van der Waals surface area contributed by atoms with Crippen molar-refractivity contribution in [2.24, 2.45) is 5.14 Å². The first-order valence-electron chi connectivity index (χ1n) is 39.4. The van der Waals surface area contributed by atoms with Crippen LogP contribution in [0.5, 0.6) is 17.2 Å². The number of hydrogen-bond acceptors (Lipinski definition) is 14. The largest absolute Gasteiger partial charge is 0.494 e. The second-order valence-electron chi connectivity index (χ2n) is 28.7. The minimum absolute atomic E-state index is 0.0102. The maximum absolute atomic E-state index is 14.0. The van der Waals surface area contributed by atoms with Crippen LogP contribution in [-0.2, 0) is 15.8 Å². The molecule has 20 nitrogen and oxygen atoms in total. The molecule has 0 aliphatic heterocycles. The Morgan fingerprint density at radius 3 is 0.992 bits per heavy atom. The highest BCUT2D eigenvalue weighted by molar-refractivity contribution is 7.88. The van der Waals surface area contributed by atoms with E-state index in [9.17, 15) is 30.8 Å². The third-order valence-corrected chi connectivity index (χ3v) is 24.0. The van der Waals surface area contributed by atoms with E-state index in [0.29, 0.717) is 95.7 Å². The van der Waals surface area contributed by atoms with E-state index >= 15 is 0 Å². The average molecular weight is 1900 g/mol. The Balaban J connectivity index is 0.000000145. The zero-order valence-corrected chi connectivity index (χ0v) is 76.1. The molecule has 0 saturated heterocycles. The van der Waals surface area contributed by atoms with E-state index in [4.69, 9.17) is 132 Å². The SMILES string of the molecule is CC(On1ccc2ncc(-c3ccc(CS(N)(=O)=O)cc3)cc21)c1c(Cl)ccc(F)c1Cl.CCN(CC)C(=O)c1ccc(-c2cnc3ccn(OC(C)c4c(Cl)ccc(F)c4Cl)c3c2)cc1.CCOc1ccc(-c2cnc3ccn(OC(C)c4c(Cl)ccc(F)c4Cl)c3c2)cc1.COc1ccc(-c2cnc3ccn(OC(C)c4c(Cl)ccc(F)c4Cl)c3c2)cc1OC. The van der Waals surface area contributed by atoms with E-state index < -0.39 is 57.7 Å². The number of fused-ring (bicyclic) bond motifs is 4. The Hall–Kier alpha value is -11.5. The van der Waals surface area contributed by atoms with Gasteiger partial charge >= 0.3 is 0 Å². The summed E-state index contributed by atoms with van der Waals surface area (Å²) in [6, 6.07) is 53.7. The molecule has 0 bridgehead atoms. The van der Waals surface area contributed by atoms with Crippen molar-refractivity contribution in [3.63, 3.8) is 0 Å². The van der Waals surface area contributed by atoms with Gasteiger partial charge in [-0.05, 0) is 210 Å². The Morgan fingerprint density at radius 2 is 0.693 bits per heavy atom. The number of aromatic nitrogens is 8. The molecule has 0 fully saturated rings. The number of benzene rings is 8. The van der Waals surface area contributed by atoms with Crippen molar-refractivity contribution in [1.82, 2.24) is 43.8 Å². The van der Waals surface area contributed by atoms with Gasteiger partial charge < -0.3 is 38.5 Å². The summed E-state index contributed by atoms with van der Waals surface area (Å²) < 4.78 is 101. The second kappa shape index (κ2) is 41.1. The van der Waals surface area contributed by atoms with Crippen LogP contribution >= 0.6 is 92.8 Å². The molecule has 16 rings (SSSR count). The lowest BCUT2D eigenvalue weighted by molar-refractivity contribution is 0.0561. The van der Waals surface area contributed by atoms with Crippen LogP contribution in [0.2, 0.25) is 40.2 Å². The summed E-state index contributed by atoms with van der Waals surface area (Å²) >= 11 is 49.4. The fourth-order valence-electron chi connectivity index (χ4n) is 14.0. The van der Waals surface area contributed by atoms with Crippen molar-refractivity contribution >= 4 is 153 Å². The zero-order chi connectivity index (χ0) is 90.8. The summed E-state index contributed by atoms with van der Waals surface area (Å²) in [5, 5.41) is 6.17. The van der Waals surface area contributed by atoms with Crippen LogP contribution in [-0.4, -0.2) is 92.0 Å². The zero-order valence-electron chi connectivity index (χ0n) is 69.3. The minimum Gasteiger partial charge on any atom is -0.494 e. The van der Waals surface area contributed by atoms with Crippen molar-refractivity contribution in [2.45, 2.75) is 78.6 Å². The summed E-state index contributed by atoms with van der Waals surface area (Å²) in [5.74, 6) is -0.357. The van der Waals surface area contributed by atoms with E-state index in [2.05, 4.69) is 19.9 Å². The normalized spacial score (nSPS) is 12.3. The van der Waals surface area contributed by atoms with Gasteiger partial charge in [0.25, 0.3) is 5.91 Å². The molecule has 0 radical (unpaired) electrons. The molecule has 0 aliphatic carbocycles. The summed E-state index contributed by atoms with van der Waals surface area (Å²) in [7, 11) is -0.419. The number of carbonyl (C=O) groups is 1. The van der Waals surface area contributed by atoms with Crippen LogP contribution in [0.1, 0.15) is 111 Å². The van der Waals surface area contributed by atoms with Crippen molar-refractivity contribution in [3.8, 4) is 61.8 Å². The van der Waals surface area contributed by atoms with Crippen molar-refractivity contribution in [1.29, 1.82) is 0 Å². The number of nitrogens with zero attached hydrogens (tertiary/aromatic N) is 9. The number of nitrogens with two attached hydrogens (primary N) is 1. The van der Waals surface area contributed by atoms with Gasteiger partial charge in [-0.15, -0.1) is 0 Å². The number of methoxy groups -OCH3 is 2. The molecule has 16 aromatic rings. The van der Waals surface area contributed by atoms with E-state index in [1.807, 2.05) is 136 Å². The fourth-order valence-corrected chi connectivity index (χ4v) is 17.3. The van der Waals surface area contributed by atoms with Crippen molar-refractivity contribution in [3.05, 3.63) is 334 Å². The number of primary sulfonamides is 1. The maximum atomic E-state index is 14.0. The molecule has 0 saturated carbocycles. The molecule has 127 heavy (non-hydrogen) atoms. The minimum atomic E-state index is -3.60. The predicted octanol–water partition coefficient (Wildman–Crippen LogP) is 25.0.